The lowest BCUT2D eigenvalue weighted by atomic mass is 9.81. The number of benzene rings is 5. The van der Waals surface area contributed by atoms with Crippen LogP contribution in [-0.2, 0) is 5.41 Å². The molecule has 0 radical (unpaired) electrons. The largest absolute Gasteiger partial charge is 0.366 e. The predicted octanol–water partition coefficient (Wildman–Crippen LogP) is 9.17. The summed E-state index contributed by atoms with van der Waals surface area (Å²) in [6, 6.07) is 39.6. The minimum Gasteiger partial charge on any atom is -0.366 e. The van der Waals surface area contributed by atoms with Gasteiger partial charge in [-0.1, -0.05) is 111 Å². The van der Waals surface area contributed by atoms with Crippen molar-refractivity contribution >= 4 is 28.3 Å². The van der Waals surface area contributed by atoms with E-state index >= 15 is 0 Å². The first-order valence-corrected chi connectivity index (χ1v) is 14.7. The molecular weight excluding hydrogens is 510 g/mol. The molecule has 3 nitrogen and oxygen atoms in total. The van der Waals surface area contributed by atoms with Gasteiger partial charge in [-0.15, -0.1) is 0 Å². The van der Waals surface area contributed by atoms with Crippen molar-refractivity contribution < 1.29 is 0 Å². The zero-order chi connectivity index (χ0) is 28.8. The first kappa shape index (κ1) is 26.2. The van der Waals surface area contributed by atoms with Crippen molar-refractivity contribution in [2.75, 3.05) is 0 Å². The Morgan fingerprint density at radius 1 is 0.738 bits per heavy atom. The number of rotatable bonds is 5. The van der Waals surface area contributed by atoms with E-state index in [-0.39, 0.29) is 17.6 Å². The summed E-state index contributed by atoms with van der Waals surface area (Å²) < 4.78 is 0. The summed E-state index contributed by atoms with van der Waals surface area (Å²) in [5.74, 6) is 0. The molecule has 42 heavy (non-hydrogen) atoms. The van der Waals surface area contributed by atoms with Gasteiger partial charge in [-0.2, -0.15) is 0 Å². The fourth-order valence-electron chi connectivity index (χ4n) is 6.70. The van der Waals surface area contributed by atoms with Crippen LogP contribution in [0.3, 0.4) is 0 Å². The molecular formula is C39H35N3. The minimum atomic E-state index is -0.0892. The van der Waals surface area contributed by atoms with Crippen LogP contribution in [-0.4, -0.2) is 6.21 Å². The van der Waals surface area contributed by atoms with Crippen molar-refractivity contribution in [2.24, 2.45) is 0 Å². The average molecular weight is 546 g/mol. The maximum Gasteiger partial charge on any atom is 0.104 e. The van der Waals surface area contributed by atoms with Gasteiger partial charge in [0, 0.05) is 22.9 Å². The third kappa shape index (κ3) is 4.38. The molecule has 1 heterocycles. The molecule has 5 aromatic rings. The van der Waals surface area contributed by atoms with Crippen molar-refractivity contribution in [1.29, 1.82) is 5.41 Å². The lowest BCUT2D eigenvalue weighted by Crippen LogP contribution is -2.39. The normalized spacial score (nSPS) is 19.0. The molecule has 3 N–H and O–H groups in total. The van der Waals surface area contributed by atoms with E-state index in [1.54, 1.807) is 0 Å². The van der Waals surface area contributed by atoms with E-state index in [0.29, 0.717) is 0 Å². The van der Waals surface area contributed by atoms with Crippen molar-refractivity contribution in [1.82, 2.24) is 10.6 Å². The first-order valence-electron chi connectivity index (χ1n) is 14.7. The number of allylic oxidation sites excluding steroid dienone is 2. The molecule has 0 aromatic heterocycles. The van der Waals surface area contributed by atoms with Gasteiger partial charge < -0.3 is 10.7 Å². The summed E-state index contributed by atoms with van der Waals surface area (Å²) in [7, 11) is 0. The topological polar surface area (TPSA) is 47.9 Å². The molecule has 3 heteroatoms. The molecule has 2 atom stereocenters. The van der Waals surface area contributed by atoms with Gasteiger partial charge >= 0.3 is 0 Å². The van der Waals surface area contributed by atoms with Crippen molar-refractivity contribution in [3.63, 3.8) is 0 Å². The Balaban J connectivity index is 1.38. The maximum absolute atomic E-state index is 7.43. The molecule has 5 aromatic carbocycles. The highest BCUT2D eigenvalue weighted by molar-refractivity contribution is 5.97. The first-order chi connectivity index (χ1) is 20.4. The van der Waals surface area contributed by atoms with Crippen LogP contribution in [0.2, 0.25) is 0 Å². The number of hydrogen-bond acceptors (Lipinski definition) is 3. The molecule has 1 aliphatic carbocycles. The summed E-state index contributed by atoms with van der Waals surface area (Å²) in [5.41, 5.74) is 12.3. The molecule has 2 aliphatic rings. The minimum absolute atomic E-state index is 0.0221. The molecule has 0 spiro atoms. The van der Waals surface area contributed by atoms with E-state index < -0.39 is 0 Å². The molecule has 7 rings (SSSR count). The van der Waals surface area contributed by atoms with Gasteiger partial charge in [0.1, 0.15) is 6.17 Å². The van der Waals surface area contributed by atoms with E-state index in [0.717, 1.165) is 16.8 Å². The summed E-state index contributed by atoms with van der Waals surface area (Å²) in [4.78, 5) is 0. The number of nitrogens with one attached hydrogen (secondary N) is 3. The lowest BCUT2D eigenvalue weighted by molar-refractivity contribution is 0.443. The van der Waals surface area contributed by atoms with Gasteiger partial charge in [-0.3, -0.25) is 5.32 Å². The van der Waals surface area contributed by atoms with Gasteiger partial charge in [-0.05, 0) is 86.5 Å². The Morgan fingerprint density at radius 2 is 1.45 bits per heavy atom. The van der Waals surface area contributed by atoms with Crippen LogP contribution in [0.15, 0.2) is 121 Å². The monoisotopic (exact) mass is 545 g/mol. The molecule has 0 fully saturated rings. The van der Waals surface area contributed by atoms with E-state index in [2.05, 4.69) is 140 Å². The Morgan fingerprint density at radius 3 is 2.19 bits per heavy atom. The van der Waals surface area contributed by atoms with Gasteiger partial charge in [0.25, 0.3) is 0 Å². The van der Waals surface area contributed by atoms with Crippen molar-refractivity contribution in [2.45, 2.75) is 38.4 Å². The Bertz CT molecular complexity index is 1880. The quantitative estimate of drug-likeness (QED) is 0.193. The molecule has 206 valence electrons. The zero-order valence-electron chi connectivity index (χ0n) is 24.3. The standard InChI is InChI=1S/C39H35N3/c1-25(20-21-40)26-16-18-27(19-17-26)35-24-36(42-38(41-35)28-10-5-4-6-11-28)31-14-9-15-33-37(31)32-22-29-12-7-8-13-30(29)23-34(32)39(33,2)3/h4-24,35,38,40-42H,1-3H3/b25-20+,40-21?. The van der Waals surface area contributed by atoms with Crippen LogP contribution in [0.5, 0.6) is 0 Å². The Labute approximate surface area is 248 Å². The second-order valence-electron chi connectivity index (χ2n) is 11.9. The molecule has 2 unspecified atom stereocenters. The fraction of sp³-hybridized carbons (Fsp3) is 0.154. The number of fused-ring (bicyclic) bond motifs is 4. The Kier molecular flexibility index (Phi) is 6.41. The second-order valence-corrected chi connectivity index (χ2v) is 11.9. The van der Waals surface area contributed by atoms with E-state index in [1.807, 2.05) is 13.0 Å². The van der Waals surface area contributed by atoms with Crippen LogP contribution in [0.1, 0.15) is 66.4 Å². The van der Waals surface area contributed by atoms with E-state index in [4.69, 9.17) is 5.41 Å². The van der Waals surface area contributed by atoms with Crippen LogP contribution in [0.25, 0.3) is 33.2 Å². The second kappa shape index (κ2) is 10.3. The van der Waals surface area contributed by atoms with Gasteiger partial charge in [0.15, 0.2) is 0 Å². The molecule has 0 amide bonds. The Hall–Kier alpha value is -4.73. The summed E-state index contributed by atoms with van der Waals surface area (Å²) >= 11 is 0. The highest BCUT2D eigenvalue weighted by atomic mass is 15.2. The molecule has 1 aliphatic heterocycles. The molecule has 0 saturated carbocycles. The summed E-state index contributed by atoms with van der Waals surface area (Å²) in [6.07, 6.45) is 5.48. The summed E-state index contributed by atoms with van der Waals surface area (Å²) in [5, 5.41) is 17.7. The van der Waals surface area contributed by atoms with Crippen LogP contribution < -0.4 is 10.6 Å². The van der Waals surface area contributed by atoms with Crippen LogP contribution in [0.4, 0.5) is 0 Å². The van der Waals surface area contributed by atoms with Crippen LogP contribution in [0, 0.1) is 5.41 Å². The fourth-order valence-corrected chi connectivity index (χ4v) is 6.70. The van der Waals surface area contributed by atoms with Crippen LogP contribution >= 0.6 is 0 Å². The highest BCUT2D eigenvalue weighted by Crippen LogP contribution is 2.52. The van der Waals surface area contributed by atoms with Gasteiger partial charge in [0.2, 0.25) is 0 Å². The van der Waals surface area contributed by atoms with E-state index in [1.165, 1.54) is 55.9 Å². The lowest BCUT2D eigenvalue weighted by Gasteiger charge is -2.34. The molecule has 0 saturated heterocycles. The van der Waals surface area contributed by atoms with Crippen molar-refractivity contribution in [3.05, 3.63) is 155 Å². The predicted molar refractivity (Wildman–Crippen MR) is 177 cm³/mol. The molecule has 0 bridgehead atoms. The number of hydrogen-bond donors (Lipinski definition) is 3. The van der Waals surface area contributed by atoms with E-state index in [9.17, 15) is 0 Å². The third-order valence-electron chi connectivity index (χ3n) is 9.03. The zero-order valence-corrected chi connectivity index (χ0v) is 24.3. The SMILES string of the molecule is C/C(=C\C=N)c1ccc(C2C=C(c3cccc4c3-c3cc5ccccc5cc3C4(C)C)NC(c3ccccc3)N2)cc1. The van der Waals surface area contributed by atoms with Gasteiger partial charge in [-0.25, -0.2) is 0 Å². The third-order valence-corrected chi connectivity index (χ3v) is 9.03. The van der Waals surface area contributed by atoms with Gasteiger partial charge in [0.05, 0.1) is 6.04 Å². The summed E-state index contributed by atoms with van der Waals surface area (Å²) in [6.45, 7) is 6.75. The average Bonchev–Trinajstić information content (AvgIpc) is 3.26. The maximum atomic E-state index is 7.43. The van der Waals surface area contributed by atoms with Crippen molar-refractivity contribution in [3.8, 4) is 11.1 Å². The highest BCUT2D eigenvalue weighted by Gasteiger charge is 2.38. The smallest absolute Gasteiger partial charge is 0.104 e.